The average molecular weight is 320 g/mol. The summed E-state index contributed by atoms with van der Waals surface area (Å²) in [4.78, 5) is 12.3. The molecule has 116 valence electrons. The van der Waals surface area contributed by atoms with E-state index in [0.29, 0.717) is 41.0 Å². The Morgan fingerprint density at radius 3 is 2.41 bits per heavy atom. The first-order chi connectivity index (χ1) is 10.7. The highest BCUT2D eigenvalue weighted by molar-refractivity contribution is 6.32. The Hall–Kier alpha value is -2.20. The molecule has 0 heterocycles. The summed E-state index contributed by atoms with van der Waals surface area (Å²) in [6, 6.07) is 12.2. The van der Waals surface area contributed by atoms with Crippen LogP contribution < -0.4 is 14.8 Å². The third-order valence-corrected chi connectivity index (χ3v) is 3.22. The van der Waals surface area contributed by atoms with Gasteiger partial charge in [-0.2, -0.15) is 0 Å². The van der Waals surface area contributed by atoms with Gasteiger partial charge < -0.3 is 14.8 Å². The van der Waals surface area contributed by atoms with Crippen LogP contribution in [0, 0.1) is 0 Å². The van der Waals surface area contributed by atoms with Crippen molar-refractivity contribution in [2.75, 3.05) is 18.5 Å². The topological polar surface area (TPSA) is 47.6 Å². The third-order valence-electron chi connectivity index (χ3n) is 2.93. The van der Waals surface area contributed by atoms with E-state index in [1.54, 1.807) is 24.3 Å². The molecule has 1 amide bonds. The lowest BCUT2D eigenvalue weighted by Crippen LogP contribution is -2.13. The Morgan fingerprint density at radius 1 is 1.05 bits per heavy atom. The van der Waals surface area contributed by atoms with E-state index in [-0.39, 0.29) is 5.91 Å². The molecule has 5 heteroatoms. The monoisotopic (exact) mass is 319 g/mol. The second kappa shape index (κ2) is 7.71. The molecule has 22 heavy (non-hydrogen) atoms. The van der Waals surface area contributed by atoms with Gasteiger partial charge in [0.1, 0.15) is 11.5 Å². The van der Waals surface area contributed by atoms with Gasteiger partial charge in [0, 0.05) is 5.56 Å². The van der Waals surface area contributed by atoms with E-state index >= 15 is 0 Å². The lowest BCUT2D eigenvalue weighted by atomic mass is 10.2. The van der Waals surface area contributed by atoms with Crippen LogP contribution in [0.5, 0.6) is 11.5 Å². The number of ether oxygens (including phenoxy) is 2. The highest BCUT2D eigenvalue weighted by Crippen LogP contribution is 2.27. The number of carbonyl (C=O) groups excluding carboxylic acids is 1. The van der Waals surface area contributed by atoms with E-state index in [0.717, 1.165) is 0 Å². The molecule has 4 nitrogen and oxygen atoms in total. The average Bonchev–Trinajstić information content (AvgIpc) is 2.51. The number of carbonyl (C=O) groups is 1. The maximum Gasteiger partial charge on any atom is 0.255 e. The molecule has 0 unspecified atom stereocenters. The Labute approximate surface area is 135 Å². The maximum atomic E-state index is 12.3. The van der Waals surface area contributed by atoms with Crippen LogP contribution in [0.25, 0.3) is 0 Å². The lowest BCUT2D eigenvalue weighted by molar-refractivity contribution is 0.102. The van der Waals surface area contributed by atoms with Crippen LogP contribution in [-0.2, 0) is 0 Å². The molecule has 2 aromatic rings. The first-order valence-electron chi connectivity index (χ1n) is 7.11. The van der Waals surface area contributed by atoms with Crippen LogP contribution in [0.1, 0.15) is 24.2 Å². The molecular weight excluding hydrogens is 302 g/mol. The van der Waals surface area contributed by atoms with Crippen LogP contribution in [0.3, 0.4) is 0 Å². The zero-order chi connectivity index (χ0) is 15.9. The van der Waals surface area contributed by atoms with Gasteiger partial charge in [0.15, 0.2) is 0 Å². The largest absolute Gasteiger partial charge is 0.492 e. The first-order valence-corrected chi connectivity index (χ1v) is 7.49. The van der Waals surface area contributed by atoms with Gasteiger partial charge >= 0.3 is 0 Å². The summed E-state index contributed by atoms with van der Waals surface area (Å²) in [5, 5.41) is 3.24. The molecule has 0 aliphatic heterocycles. The minimum atomic E-state index is -0.253. The van der Waals surface area contributed by atoms with E-state index in [1.165, 1.54) is 0 Å². The molecule has 2 rings (SSSR count). The summed E-state index contributed by atoms with van der Waals surface area (Å²) in [5.74, 6) is 0.947. The second-order valence-electron chi connectivity index (χ2n) is 4.46. The molecule has 0 fully saturated rings. The minimum Gasteiger partial charge on any atom is -0.492 e. The fraction of sp³-hybridized carbons (Fsp3) is 0.235. The van der Waals surface area contributed by atoms with Crippen LogP contribution in [-0.4, -0.2) is 19.1 Å². The molecule has 0 aromatic heterocycles. The molecule has 0 bridgehead atoms. The zero-order valence-corrected chi connectivity index (χ0v) is 13.3. The number of hydrogen-bond donors (Lipinski definition) is 1. The van der Waals surface area contributed by atoms with Gasteiger partial charge in [-0.05, 0) is 44.2 Å². The zero-order valence-electron chi connectivity index (χ0n) is 12.6. The van der Waals surface area contributed by atoms with Gasteiger partial charge in [-0.25, -0.2) is 0 Å². The smallest absolute Gasteiger partial charge is 0.255 e. The molecule has 0 spiro atoms. The predicted molar refractivity (Wildman–Crippen MR) is 88.2 cm³/mol. The summed E-state index contributed by atoms with van der Waals surface area (Å²) in [6.45, 7) is 4.82. The van der Waals surface area contributed by atoms with Crippen molar-refractivity contribution in [1.29, 1.82) is 0 Å². The molecule has 0 aliphatic rings. The molecule has 0 aliphatic carbocycles. The van der Waals surface area contributed by atoms with E-state index in [2.05, 4.69) is 5.32 Å². The third kappa shape index (κ3) is 3.92. The number of hydrogen-bond acceptors (Lipinski definition) is 3. The Morgan fingerprint density at radius 2 is 1.73 bits per heavy atom. The van der Waals surface area contributed by atoms with Crippen molar-refractivity contribution in [1.82, 2.24) is 0 Å². The molecule has 0 saturated carbocycles. The van der Waals surface area contributed by atoms with Crippen molar-refractivity contribution in [3.8, 4) is 11.5 Å². The molecule has 0 radical (unpaired) electrons. The van der Waals surface area contributed by atoms with Gasteiger partial charge in [-0.15, -0.1) is 0 Å². The molecular formula is C17H18ClNO3. The van der Waals surface area contributed by atoms with Gasteiger partial charge in [-0.3, -0.25) is 4.79 Å². The fourth-order valence-electron chi connectivity index (χ4n) is 1.96. The highest BCUT2D eigenvalue weighted by Gasteiger charge is 2.12. The number of amides is 1. The SMILES string of the molecule is CCOc1ccc(C(=O)Nc2ccccc2OCC)cc1Cl. The molecule has 1 N–H and O–H groups in total. The number of para-hydroxylation sites is 2. The Balaban J connectivity index is 2.17. The summed E-state index contributed by atoms with van der Waals surface area (Å²) < 4.78 is 10.8. The van der Waals surface area contributed by atoms with Crippen molar-refractivity contribution in [2.45, 2.75) is 13.8 Å². The maximum absolute atomic E-state index is 12.3. The lowest BCUT2D eigenvalue weighted by Gasteiger charge is -2.12. The van der Waals surface area contributed by atoms with Crippen molar-refractivity contribution < 1.29 is 14.3 Å². The summed E-state index contributed by atoms with van der Waals surface area (Å²) >= 11 is 6.11. The van der Waals surface area contributed by atoms with Gasteiger partial charge in [0.05, 0.1) is 23.9 Å². The number of benzene rings is 2. The van der Waals surface area contributed by atoms with Crippen LogP contribution >= 0.6 is 11.6 Å². The Bertz CT molecular complexity index is 658. The van der Waals surface area contributed by atoms with E-state index in [9.17, 15) is 4.79 Å². The van der Waals surface area contributed by atoms with Crippen molar-refractivity contribution >= 4 is 23.2 Å². The number of rotatable bonds is 6. The minimum absolute atomic E-state index is 0.253. The van der Waals surface area contributed by atoms with E-state index in [1.807, 2.05) is 32.0 Å². The van der Waals surface area contributed by atoms with Gasteiger partial charge in [0.2, 0.25) is 0 Å². The fourth-order valence-corrected chi connectivity index (χ4v) is 2.20. The molecule has 0 atom stereocenters. The van der Waals surface area contributed by atoms with Gasteiger partial charge in [0.25, 0.3) is 5.91 Å². The van der Waals surface area contributed by atoms with E-state index in [4.69, 9.17) is 21.1 Å². The van der Waals surface area contributed by atoms with Crippen LogP contribution in [0.4, 0.5) is 5.69 Å². The van der Waals surface area contributed by atoms with Crippen molar-refractivity contribution in [3.63, 3.8) is 0 Å². The summed E-state index contributed by atoms with van der Waals surface area (Å²) in [5.41, 5.74) is 1.08. The molecule has 2 aromatic carbocycles. The predicted octanol–water partition coefficient (Wildman–Crippen LogP) is 4.39. The van der Waals surface area contributed by atoms with Crippen molar-refractivity contribution in [2.24, 2.45) is 0 Å². The number of halogens is 1. The highest BCUT2D eigenvalue weighted by atomic mass is 35.5. The van der Waals surface area contributed by atoms with E-state index < -0.39 is 0 Å². The summed E-state index contributed by atoms with van der Waals surface area (Å²) in [6.07, 6.45) is 0. The van der Waals surface area contributed by atoms with Crippen LogP contribution in [0.15, 0.2) is 42.5 Å². The summed E-state index contributed by atoms with van der Waals surface area (Å²) in [7, 11) is 0. The standard InChI is InChI=1S/C17H18ClNO3/c1-3-21-15-10-9-12(11-13(15)18)17(20)19-14-7-5-6-8-16(14)22-4-2/h5-11H,3-4H2,1-2H3,(H,19,20). The van der Waals surface area contributed by atoms with Crippen LogP contribution in [0.2, 0.25) is 5.02 Å². The van der Waals surface area contributed by atoms with Gasteiger partial charge in [-0.1, -0.05) is 23.7 Å². The second-order valence-corrected chi connectivity index (χ2v) is 4.87. The quantitative estimate of drug-likeness (QED) is 0.859. The van der Waals surface area contributed by atoms with Crippen molar-refractivity contribution in [3.05, 3.63) is 53.1 Å². The number of nitrogens with one attached hydrogen (secondary N) is 1. The normalized spacial score (nSPS) is 10.1. The Kier molecular flexibility index (Phi) is 5.67. The molecule has 0 saturated heterocycles. The first kappa shape index (κ1) is 16.2. The number of anilines is 1.